The normalized spacial score (nSPS) is 12.1. The Labute approximate surface area is 96.6 Å². The molecule has 1 rings (SSSR count). The molecular weight excluding hydrogens is 210 g/mol. The fourth-order valence-corrected chi connectivity index (χ4v) is 1.95. The number of aromatic nitrogens is 2. The Hall–Kier alpha value is -0.540. The summed E-state index contributed by atoms with van der Waals surface area (Å²) in [5.74, 6) is 0. The molecule has 4 heteroatoms. The standard InChI is InChI=1S/C11H20ClN3/c1-5-8-10(12)9(7-11(3,4)13)15(6-2)14-8/h5-7,13H2,1-4H3. The van der Waals surface area contributed by atoms with Crippen LogP contribution in [0, 0.1) is 0 Å². The molecule has 0 saturated carbocycles. The van der Waals surface area contributed by atoms with Crippen LogP contribution in [0.5, 0.6) is 0 Å². The van der Waals surface area contributed by atoms with Crippen molar-refractivity contribution in [3.63, 3.8) is 0 Å². The van der Waals surface area contributed by atoms with Gasteiger partial charge in [0.2, 0.25) is 0 Å². The smallest absolute Gasteiger partial charge is 0.0850 e. The summed E-state index contributed by atoms with van der Waals surface area (Å²) in [6.07, 6.45) is 1.62. The molecule has 0 aliphatic carbocycles. The molecule has 0 fully saturated rings. The van der Waals surface area contributed by atoms with E-state index in [1.165, 1.54) is 0 Å². The molecular formula is C11H20ClN3. The van der Waals surface area contributed by atoms with E-state index in [1.54, 1.807) is 0 Å². The van der Waals surface area contributed by atoms with Crippen molar-refractivity contribution in [2.45, 2.75) is 52.6 Å². The summed E-state index contributed by atoms with van der Waals surface area (Å²) in [5, 5.41) is 5.25. The van der Waals surface area contributed by atoms with Crippen LogP contribution in [-0.2, 0) is 19.4 Å². The summed E-state index contributed by atoms with van der Waals surface area (Å²) < 4.78 is 1.95. The maximum atomic E-state index is 6.28. The predicted octanol–water partition coefficient (Wildman–Crippen LogP) is 2.40. The summed E-state index contributed by atoms with van der Waals surface area (Å²) >= 11 is 6.28. The largest absolute Gasteiger partial charge is 0.325 e. The van der Waals surface area contributed by atoms with Gasteiger partial charge in [-0.25, -0.2) is 0 Å². The zero-order chi connectivity index (χ0) is 11.6. The van der Waals surface area contributed by atoms with Gasteiger partial charge in [0.05, 0.1) is 16.4 Å². The number of aryl methyl sites for hydroxylation is 2. The topological polar surface area (TPSA) is 43.8 Å². The van der Waals surface area contributed by atoms with Crippen LogP contribution < -0.4 is 5.73 Å². The van der Waals surface area contributed by atoms with E-state index in [-0.39, 0.29) is 5.54 Å². The van der Waals surface area contributed by atoms with Crippen LogP contribution in [0.4, 0.5) is 0 Å². The molecule has 1 aromatic heterocycles. The Morgan fingerprint density at radius 2 is 2.00 bits per heavy atom. The predicted molar refractivity (Wildman–Crippen MR) is 64.3 cm³/mol. The molecule has 0 amide bonds. The molecule has 0 atom stereocenters. The van der Waals surface area contributed by atoms with Crippen molar-refractivity contribution in [2.75, 3.05) is 0 Å². The summed E-state index contributed by atoms with van der Waals surface area (Å²) in [6, 6.07) is 0. The number of halogens is 1. The van der Waals surface area contributed by atoms with E-state index in [4.69, 9.17) is 17.3 Å². The van der Waals surface area contributed by atoms with Crippen molar-refractivity contribution in [1.29, 1.82) is 0 Å². The molecule has 0 aliphatic rings. The monoisotopic (exact) mass is 229 g/mol. The van der Waals surface area contributed by atoms with Gasteiger partial charge >= 0.3 is 0 Å². The van der Waals surface area contributed by atoms with Crippen LogP contribution in [0.3, 0.4) is 0 Å². The van der Waals surface area contributed by atoms with E-state index in [0.717, 1.165) is 35.8 Å². The molecule has 0 saturated heterocycles. The van der Waals surface area contributed by atoms with E-state index in [2.05, 4.69) is 18.9 Å². The highest BCUT2D eigenvalue weighted by molar-refractivity contribution is 6.31. The van der Waals surface area contributed by atoms with Crippen LogP contribution in [0.2, 0.25) is 5.02 Å². The number of hydrogen-bond donors (Lipinski definition) is 1. The van der Waals surface area contributed by atoms with Gasteiger partial charge in [-0.2, -0.15) is 5.10 Å². The average molecular weight is 230 g/mol. The van der Waals surface area contributed by atoms with Gasteiger partial charge in [0, 0.05) is 18.5 Å². The van der Waals surface area contributed by atoms with Gasteiger partial charge in [-0.15, -0.1) is 0 Å². The van der Waals surface area contributed by atoms with E-state index >= 15 is 0 Å². The van der Waals surface area contributed by atoms with Crippen molar-refractivity contribution >= 4 is 11.6 Å². The summed E-state index contributed by atoms with van der Waals surface area (Å²) in [5.41, 5.74) is 7.79. The first-order valence-corrected chi connectivity index (χ1v) is 5.79. The third kappa shape index (κ3) is 2.95. The third-order valence-electron chi connectivity index (χ3n) is 2.32. The molecule has 0 spiro atoms. The maximum absolute atomic E-state index is 6.28. The first-order chi connectivity index (χ1) is 6.89. The molecule has 0 bridgehead atoms. The molecule has 86 valence electrons. The van der Waals surface area contributed by atoms with E-state index in [9.17, 15) is 0 Å². The van der Waals surface area contributed by atoms with E-state index in [0.29, 0.717) is 0 Å². The zero-order valence-corrected chi connectivity index (χ0v) is 10.7. The Bertz CT molecular complexity index is 336. The minimum atomic E-state index is -0.248. The third-order valence-corrected chi connectivity index (χ3v) is 2.75. The summed E-state index contributed by atoms with van der Waals surface area (Å²) in [7, 11) is 0. The van der Waals surface area contributed by atoms with Gasteiger partial charge in [0.1, 0.15) is 0 Å². The van der Waals surface area contributed by atoms with Crippen LogP contribution in [0.15, 0.2) is 0 Å². The molecule has 1 heterocycles. The molecule has 0 aliphatic heterocycles. The van der Waals surface area contributed by atoms with Crippen molar-refractivity contribution in [2.24, 2.45) is 5.73 Å². The van der Waals surface area contributed by atoms with E-state index < -0.39 is 0 Å². The van der Waals surface area contributed by atoms with Gasteiger partial charge < -0.3 is 5.73 Å². The van der Waals surface area contributed by atoms with Gasteiger partial charge in [-0.05, 0) is 27.2 Å². The highest BCUT2D eigenvalue weighted by Crippen LogP contribution is 2.24. The first kappa shape index (κ1) is 12.5. The van der Waals surface area contributed by atoms with Gasteiger partial charge in [-0.1, -0.05) is 18.5 Å². The molecule has 0 aromatic carbocycles. The zero-order valence-electron chi connectivity index (χ0n) is 9.97. The Balaban J connectivity index is 3.09. The molecule has 3 nitrogen and oxygen atoms in total. The van der Waals surface area contributed by atoms with Crippen LogP contribution >= 0.6 is 11.6 Å². The van der Waals surface area contributed by atoms with Crippen LogP contribution in [0.1, 0.15) is 39.1 Å². The van der Waals surface area contributed by atoms with Gasteiger partial charge in [0.25, 0.3) is 0 Å². The second-order valence-corrected chi connectivity index (χ2v) is 4.92. The molecule has 1 aromatic rings. The second-order valence-electron chi connectivity index (χ2n) is 4.54. The quantitative estimate of drug-likeness (QED) is 0.862. The molecule has 0 radical (unpaired) electrons. The number of rotatable bonds is 4. The lowest BCUT2D eigenvalue weighted by atomic mass is 9.99. The lowest BCUT2D eigenvalue weighted by molar-refractivity contribution is 0.484. The van der Waals surface area contributed by atoms with E-state index in [1.807, 2.05) is 18.5 Å². The number of nitrogens with two attached hydrogens (primary N) is 1. The molecule has 0 unspecified atom stereocenters. The summed E-state index contributed by atoms with van der Waals surface area (Å²) in [4.78, 5) is 0. The van der Waals surface area contributed by atoms with Crippen molar-refractivity contribution in [3.05, 3.63) is 16.4 Å². The van der Waals surface area contributed by atoms with Crippen molar-refractivity contribution < 1.29 is 0 Å². The second kappa shape index (κ2) is 4.54. The number of nitrogens with zero attached hydrogens (tertiary/aromatic N) is 2. The Morgan fingerprint density at radius 1 is 1.40 bits per heavy atom. The maximum Gasteiger partial charge on any atom is 0.0850 e. The molecule has 15 heavy (non-hydrogen) atoms. The fourth-order valence-electron chi connectivity index (χ4n) is 1.62. The van der Waals surface area contributed by atoms with Gasteiger partial charge in [0.15, 0.2) is 0 Å². The minimum Gasteiger partial charge on any atom is -0.325 e. The lowest BCUT2D eigenvalue weighted by Gasteiger charge is -2.19. The fraction of sp³-hybridized carbons (Fsp3) is 0.727. The average Bonchev–Trinajstić information content (AvgIpc) is 2.42. The summed E-state index contributed by atoms with van der Waals surface area (Å²) in [6.45, 7) is 8.97. The lowest BCUT2D eigenvalue weighted by Crippen LogP contribution is -2.35. The SMILES string of the molecule is CCc1nn(CC)c(CC(C)(C)N)c1Cl. The Morgan fingerprint density at radius 3 is 2.40 bits per heavy atom. The molecule has 2 N–H and O–H groups in total. The Kier molecular flexibility index (Phi) is 3.79. The first-order valence-electron chi connectivity index (χ1n) is 5.42. The highest BCUT2D eigenvalue weighted by atomic mass is 35.5. The van der Waals surface area contributed by atoms with Gasteiger partial charge in [-0.3, -0.25) is 4.68 Å². The van der Waals surface area contributed by atoms with Crippen LogP contribution in [0.25, 0.3) is 0 Å². The number of hydrogen-bond acceptors (Lipinski definition) is 2. The van der Waals surface area contributed by atoms with Crippen LogP contribution in [-0.4, -0.2) is 15.3 Å². The van der Waals surface area contributed by atoms with Crippen molar-refractivity contribution in [3.8, 4) is 0 Å². The minimum absolute atomic E-state index is 0.248. The highest BCUT2D eigenvalue weighted by Gasteiger charge is 2.20. The van der Waals surface area contributed by atoms with Crippen molar-refractivity contribution in [1.82, 2.24) is 9.78 Å².